The maximum atomic E-state index is 9.38. The van der Waals surface area contributed by atoms with E-state index >= 15 is 0 Å². The quantitative estimate of drug-likeness (QED) is 0.586. The largest absolute Gasteiger partial charge is 0.497 e. The van der Waals surface area contributed by atoms with Crippen LogP contribution in [0.4, 0.5) is 0 Å². The highest BCUT2D eigenvalue weighted by Gasteiger charge is 2.40. The molecular formula is C22H24N4O2S. The van der Waals surface area contributed by atoms with E-state index in [2.05, 4.69) is 31.9 Å². The van der Waals surface area contributed by atoms with Gasteiger partial charge in [0, 0.05) is 43.0 Å². The monoisotopic (exact) mass is 408 g/mol. The van der Waals surface area contributed by atoms with Crippen molar-refractivity contribution < 1.29 is 9.84 Å². The number of pyridine rings is 1. The van der Waals surface area contributed by atoms with Crippen molar-refractivity contribution in [3.05, 3.63) is 78.4 Å². The molecule has 2 unspecified atom stereocenters. The van der Waals surface area contributed by atoms with E-state index in [-0.39, 0.29) is 18.7 Å². The minimum Gasteiger partial charge on any atom is -0.497 e. The molecule has 150 valence electrons. The van der Waals surface area contributed by atoms with Gasteiger partial charge in [0.2, 0.25) is 0 Å². The number of aliphatic hydroxyl groups excluding tert-OH is 1. The van der Waals surface area contributed by atoms with Crippen LogP contribution >= 0.6 is 12.2 Å². The average molecular weight is 409 g/mol. The lowest BCUT2D eigenvalue weighted by Crippen LogP contribution is -2.31. The van der Waals surface area contributed by atoms with Gasteiger partial charge in [-0.05, 0) is 55.0 Å². The summed E-state index contributed by atoms with van der Waals surface area (Å²) in [6.45, 7) is 0.788. The molecule has 0 aliphatic carbocycles. The summed E-state index contributed by atoms with van der Waals surface area (Å²) in [4.78, 5) is 6.72. The Morgan fingerprint density at radius 3 is 2.83 bits per heavy atom. The van der Waals surface area contributed by atoms with E-state index < -0.39 is 0 Å². The second kappa shape index (κ2) is 8.63. The maximum absolute atomic E-state index is 9.38. The smallest absolute Gasteiger partial charge is 0.170 e. The number of methoxy groups -OCH3 is 1. The Balaban J connectivity index is 1.78. The van der Waals surface area contributed by atoms with Crippen molar-refractivity contribution in [1.82, 2.24) is 19.8 Å². The topological polar surface area (TPSA) is 62.5 Å². The van der Waals surface area contributed by atoms with Crippen molar-refractivity contribution in [1.29, 1.82) is 0 Å². The lowest BCUT2D eigenvalue weighted by molar-refractivity contribution is 0.244. The first-order valence-corrected chi connectivity index (χ1v) is 10.0. The standard InChI is InChI=1S/C22H24N4O2S/c1-28-17-8-4-7-16(15-17)25-12-5-10-19(25)21-20(18-9-2-3-11-23-18)24-22(29)26(21)13-6-14-27/h2-5,7-12,15,20-21,27H,6,13-14H2,1H3,(H,24,29). The molecule has 29 heavy (non-hydrogen) atoms. The van der Waals surface area contributed by atoms with Crippen LogP contribution in [0.5, 0.6) is 5.75 Å². The Kier molecular flexibility index (Phi) is 5.78. The van der Waals surface area contributed by atoms with Crippen molar-refractivity contribution in [2.45, 2.75) is 18.5 Å². The molecule has 1 aliphatic rings. The predicted molar refractivity (Wildman–Crippen MR) is 116 cm³/mol. The Morgan fingerprint density at radius 1 is 1.17 bits per heavy atom. The van der Waals surface area contributed by atoms with Crippen molar-refractivity contribution in [3.8, 4) is 11.4 Å². The van der Waals surface area contributed by atoms with Gasteiger partial charge >= 0.3 is 0 Å². The zero-order valence-electron chi connectivity index (χ0n) is 16.2. The molecule has 7 heteroatoms. The number of benzene rings is 1. The van der Waals surface area contributed by atoms with Crippen LogP contribution in [0.3, 0.4) is 0 Å². The minimum absolute atomic E-state index is 0.0508. The molecule has 4 rings (SSSR count). The van der Waals surface area contributed by atoms with Gasteiger partial charge in [-0.25, -0.2) is 0 Å². The highest BCUT2D eigenvalue weighted by molar-refractivity contribution is 7.80. The van der Waals surface area contributed by atoms with Crippen LogP contribution in [-0.4, -0.2) is 44.9 Å². The SMILES string of the molecule is COc1cccc(-n2cccc2C2C(c3ccccn3)NC(=S)N2CCCO)c1. The fraction of sp³-hybridized carbons (Fsp3) is 0.273. The number of aliphatic hydroxyl groups is 1. The van der Waals surface area contributed by atoms with E-state index in [1.165, 1.54) is 0 Å². The molecule has 1 fully saturated rings. The molecule has 0 amide bonds. The summed E-state index contributed by atoms with van der Waals surface area (Å²) in [5, 5.41) is 13.5. The number of nitrogens with zero attached hydrogens (tertiary/aromatic N) is 3. The second-order valence-corrected chi connectivity index (χ2v) is 7.29. The maximum Gasteiger partial charge on any atom is 0.170 e. The summed E-state index contributed by atoms with van der Waals surface area (Å²) < 4.78 is 7.56. The third kappa shape index (κ3) is 3.83. The lowest BCUT2D eigenvalue weighted by Gasteiger charge is -2.28. The van der Waals surface area contributed by atoms with Crippen LogP contribution < -0.4 is 10.1 Å². The Bertz CT molecular complexity index is 976. The van der Waals surface area contributed by atoms with Gasteiger partial charge in [0.1, 0.15) is 5.75 Å². The summed E-state index contributed by atoms with van der Waals surface area (Å²) in [5.74, 6) is 0.806. The Labute approximate surface area is 175 Å². The van der Waals surface area contributed by atoms with E-state index in [1.54, 1.807) is 13.3 Å². The summed E-state index contributed by atoms with van der Waals surface area (Å²) in [7, 11) is 1.67. The third-order valence-corrected chi connectivity index (χ3v) is 5.52. The molecule has 2 atom stereocenters. The van der Waals surface area contributed by atoms with Gasteiger partial charge in [0.15, 0.2) is 5.11 Å². The van der Waals surface area contributed by atoms with Crippen LogP contribution in [0, 0.1) is 0 Å². The van der Waals surface area contributed by atoms with Crippen molar-refractivity contribution in [3.63, 3.8) is 0 Å². The third-order valence-electron chi connectivity index (χ3n) is 5.17. The molecule has 2 N–H and O–H groups in total. The van der Waals surface area contributed by atoms with Gasteiger partial charge in [-0.2, -0.15) is 0 Å². The number of hydrogen-bond acceptors (Lipinski definition) is 4. The van der Waals surface area contributed by atoms with Crippen LogP contribution in [0.25, 0.3) is 5.69 Å². The van der Waals surface area contributed by atoms with Crippen LogP contribution in [0.2, 0.25) is 0 Å². The number of ether oxygens (including phenoxy) is 1. The summed E-state index contributed by atoms with van der Waals surface area (Å²) in [5.41, 5.74) is 3.05. The summed E-state index contributed by atoms with van der Waals surface area (Å²) in [6, 6.07) is 17.9. The first-order chi connectivity index (χ1) is 14.2. The van der Waals surface area contributed by atoms with E-state index in [4.69, 9.17) is 17.0 Å². The Hall–Kier alpha value is -2.90. The lowest BCUT2D eigenvalue weighted by atomic mass is 10.0. The highest BCUT2D eigenvalue weighted by atomic mass is 32.1. The summed E-state index contributed by atoms with van der Waals surface area (Å²) in [6.07, 6.45) is 4.49. The molecule has 0 spiro atoms. The molecule has 3 aromatic rings. The van der Waals surface area contributed by atoms with E-state index in [0.29, 0.717) is 18.1 Å². The number of thiocarbonyl (C=S) groups is 1. The zero-order valence-corrected chi connectivity index (χ0v) is 17.0. The molecule has 0 bridgehead atoms. The molecule has 6 nitrogen and oxygen atoms in total. The molecule has 0 radical (unpaired) electrons. The van der Waals surface area contributed by atoms with Crippen molar-refractivity contribution in [2.24, 2.45) is 0 Å². The van der Waals surface area contributed by atoms with Gasteiger partial charge in [-0.1, -0.05) is 12.1 Å². The fourth-order valence-electron chi connectivity index (χ4n) is 3.84. The molecule has 2 aromatic heterocycles. The van der Waals surface area contributed by atoms with Crippen LogP contribution in [-0.2, 0) is 0 Å². The van der Waals surface area contributed by atoms with E-state index in [0.717, 1.165) is 22.8 Å². The number of rotatable bonds is 7. The van der Waals surface area contributed by atoms with Crippen LogP contribution in [0.15, 0.2) is 67.0 Å². The van der Waals surface area contributed by atoms with Gasteiger partial charge in [-0.15, -0.1) is 0 Å². The normalized spacial score (nSPS) is 18.7. The second-order valence-electron chi connectivity index (χ2n) is 6.90. The van der Waals surface area contributed by atoms with Crippen molar-refractivity contribution >= 4 is 17.3 Å². The fourth-order valence-corrected chi connectivity index (χ4v) is 4.17. The molecule has 0 saturated carbocycles. The van der Waals surface area contributed by atoms with E-state index in [9.17, 15) is 5.11 Å². The average Bonchev–Trinajstić information content (AvgIpc) is 3.37. The first kappa shape index (κ1) is 19.4. The Morgan fingerprint density at radius 2 is 2.07 bits per heavy atom. The van der Waals surface area contributed by atoms with Gasteiger partial charge in [-0.3, -0.25) is 4.98 Å². The predicted octanol–water partition coefficient (Wildman–Crippen LogP) is 3.24. The molecule has 3 heterocycles. The number of aromatic nitrogens is 2. The van der Waals surface area contributed by atoms with Crippen molar-refractivity contribution in [2.75, 3.05) is 20.3 Å². The van der Waals surface area contributed by atoms with Crippen LogP contribution in [0.1, 0.15) is 29.9 Å². The molecule has 1 aromatic carbocycles. The molecule has 1 aliphatic heterocycles. The number of nitrogens with one attached hydrogen (secondary N) is 1. The van der Waals surface area contributed by atoms with Gasteiger partial charge in [0.05, 0.1) is 24.9 Å². The number of hydrogen-bond donors (Lipinski definition) is 2. The highest BCUT2D eigenvalue weighted by Crippen LogP contribution is 2.39. The zero-order chi connectivity index (χ0) is 20.2. The molecule has 1 saturated heterocycles. The molecular weight excluding hydrogens is 384 g/mol. The minimum atomic E-state index is -0.0818. The first-order valence-electron chi connectivity index (χ1n) is 9.63. The summed E-state index contributed by atoms with van der Waals surface area (Å²) >= 11 is 5.66. The van der Waals surface area contributed by atoms with Gasteiger partial charge < -0.3 is 24.6 Å². The van der Waals surface area contributed by atoms with E-state index in [1.807, 2.05) is 48.7 Å². The van der Waals surface area contributed by atoms with Gasteiger partial charge in [0.25, 0.3) is 0 Å².